The minimum Gasteiger partial charge on any atom is -0.0976 e. The fraction of sp³-hybridized carbons (Fsp3) is 0.333. The normalized spacial score (nSPS) is 12.7. The van der Waals surface area contributed by atoms with Crippen LogP contribution in [0.15, 0.2) is 47.5 Å². The summed E-state index contributed by atoms with van der Waals surface area (Å²) in [6, 6.07) is 0. The van der Waals surface area contributed by atoms with Crippen molar-refractivity contribution < 1.29 is 0 Å². The molecule has 0 aromatic heterocycles. The second-order valence-electron chi connectivity index (χ2n) is 2.87. The highest BCUT2D eigenvalue weighted by Gasteiger charge is 1.88. The minimum absolute atomic E-state index is 0.727. The second-order valence-corrected chi connectivity index (χ2v) is 3.74. The van der Waals surface area contributed by atoms with E-state index in [0.717, 1.165) is 35.7 Å². The van der Waals surface area contributed by atoms with Crippen LogP contribution in [0.3, 0.4) is 0 Å². The molecule has 0 nitrogen and oxygen atoms in total. The van der Waals surface area contributed by atoms with Gasteiger partial charge in [-0.05, 0) is 25.7 Å². The van der Waals surface area contributed by atoms with Crippen molar-refractivity contribution in [3.63, 3.8) is 0 Å². The van der Waals surface area contributed by atoms with Crippen molar-refractivity contribution >= 4 is 23.2 Å². The SMILES string of the molecule is C=C/C(Cl)=C/CCCC/C=C(/Cl)C=C. The fourth-order valence-corrected chi connectivity index (χ4v) is 1.15. The third-order valence-corrected chi connectivity index (χ3v) is 2.34. The average Bonchev–Trinajstić information content (AvgIpc) is 2.22. The van der Waals surface area contributed by atoms with Gasteiger partial charge in [0.25, 0.3) is 0 Å². The van der Waals surface area contributed by atoms with Gasteiger partial charge in [-0.25, -0.2) is 0 Å². The summed E-state index contributed by atoms with van der Waals surface area (Å²) in [5.74, 6) is 0. The Morgan fingerprint density at radius 1 is 0.857 bits per heavy atom. The van der Waals surface area contributed by atoms with Crippen LogP contribution in [0, 0.1) is 0 Å². The van der Waals surface area contributed by atoms with E-state index in [4.69, 9.17) is 23.2 Å². The molecule has 0 aliphatic heterocycles. The van der Waals surface area contributed by atoms with E-state index in [9.17, 15) is 0 Å². The second kappa shape index (κ2) is 9.11. The maximum absolute atomic E-state index is 5.75. The third-order valence-electron chi connectivity index (χ3n) is 1.73. The fourth-order valence-electron chi connectivity index (χ4n) is 0.935. The molecule has 0 N–H and O–H groups in total. The van der Waals surface area contributed by atoms with Crippen molar-refractivity contribution in [2.75, 3.05) is 0 Å². The lowest BCUT2D eigenvalue weighted by molar-refractivity contribution is 0.761. The van der Waals surface area contributed by atoms with Crippen LogP contribution >= 0.6 is 23.2 Å². The topological polar surface area (TPSA) is 0 Å². The number of unbranched alkanes of at least 4 members (excludes halogenated alkanes) is 3. The predicted molar refractivity (Wildman–Crippen MR) is 66.7 cm³/mol. The zero-order valence-electron chi connectivity index (χ0n) is 8.31. The molecule has 0 bridgehead atoms. The molecule has 0 amide bonds. The first kappa shape index (κ1) is 13.5. The summed E-state index contributed by atoms with van der Waals surface area (Å²) >= 11 is 11.5. The smallest absolute Gasteiger partial charge is 0.0360 e. The quantitative estimate of drug-likeness (QED) is 0.419. The van der Waals surface area contributed by atoms with Crippen molar-refractivity contribution in [1.29, 1.82) is 0 Å². The summed E-state index contributed by atoms with van der Waals surface area (Å²) < 4.78 is 0. The monoisotopic (exact) mass is 230 g/mol. The zero-order chi connectivity index (χ0) is 10.8. The summed E-state index contributed by atoms with van der Waals surface area (Å²) in [5, 5.41) is 1.45. The first-order valence-corrected chi connectivity index (χ1v) is 5.42. The Morgan fingerprint density at radius 2 is 1.21 bits per heavy atom. The lowest BCUT2D eigenvalue weighted by Gasteiger charge is -1.94. The molecule has 14 heavy (non-hydrogen) atoms. The van der Waals surface area contributed by atoms with E-state index < -0.39 is 0 Å². The van der Waals surface area contributed by atoms with Crippen molar-refractivity contribution in [1.82, 2.24) is 0 Å². The molecule has 0 radical (unpaired) electrons. The summed E-state index contributed by atoms with van der Waals surface area (Å²) in [7, 11) is 0. The van der Waals surface area contributed by atoms with Crippen LogP contribution in [-0.2, 0) is 0 Å². The molecule has 2 heteroatoms. The van der Waals surface area contributed by atoms with Gasteiger partial charge in [-0.2, -0.15) is 0 Å². The van der Waals surface area contributed by atoms with E-state index in [1.807, 2.05) is 12.2 Å². The molecular weight excluding hydrogens is 215 g/mol. The molecule has 0 aromatic carbocycles. The molecule has 0 unspecified atom stereocenters. The predicted octanol–water partition coefficient (Wildman–Crippen LogP) is 5.16. The molecule has 0 saturated heterocycles. The lowest BCUT2D eigenvalue weighted by Crippen LogP contribution is -1.74. The van der Waals surface area contributed by atoms with Crippen LogP contribution in [0.5, 0.6) is 0 Å². The van der Waals surface area contributed by atoms with Crippen molar-refractivity contribution in [2.24, 2.45) is 0 Å². The Morgan fingerprint density at radius 3 is 1.50 bits per heavy atom. The highest BCUT2D eigenvalue weighted by atomic mass is 35.5. The van der Waals surface area contributed by atoms with E-state index in [-0.39, 0.29) is 0 Å². The maximum atomic E-state index is 5.75. The Balaban J connectivity index is 3.48. The average molecular weight is 231 g/mol. The highest BCUT2D eigenvalue weighted by molar-refractivity contribution is 6.31. The summed E-state index contributed by atoms with van der Waals surface area (Å²) in [6.07, 6.45) is 11.5. The molecule has 0 aliphatic carbocycles. The van der Waals surface area contributed by atoms with E-state index in [0.29, 0.717) is 0 Å². The zero-order valence-corrected chi connectivity index (χ0v) is 9.82. The summed E-state index contributed by atoms with van der Waals surface area (Å²) in [5.41, 5.74) is 0. The molecule has 0 aromatic rings. The van der Waals surface area contributed by atoms with Crippen LogP contribution in [0.25, 0.3) is 0 Å². The molecule has 0 saturated carbocycles. The van der Waals surface area contributed by atoms with Gasteiger partial charge < -0.3 is 0 Å². The molecule has 0 fully saturated rings. The molecule has 0 aliphatic rings. The van der Waals surface area contributed by atoms with E-state index in [1.165, 1.54) is 0 Å². The standard InChI is InChI=1S/C12H16Cl2/c1-3-11(13)9-7-5-6-8-10-12(14)4-2/h3-4,9-10H,1-2,5-8H2/b11-9-,12-10+. The first-order chi connectivity index (χ1) is 6.70. The maximum Gasteiger partial charge on any atom is 0.0360 e. The highest BCUT2D eigenvalue weighted by Crippen LogP contribution is 2.10. The van der Waals surface area contributed by atoms with E-state index >= 15 is 0 Å². The van der Waals surface area contributed by atoms with Gasteiger partial charge in [0.2, 0.25) is 0 Å². The van der Waals surface area contributed by atoms with Gasteiger partial charge >= 0.3 is 0 Å². The molecule has 0 atom stereocenters. The largest absolute Gasteiger partial charge is 0.0976 e. The van der Waals surface area contributed by atoms with Crippen molar-refractivity contribution in [3.8, 4) is 0 Å². The van der Waals surface area contributed by atoms with Gasteiger partial charge in [-0.15, -0.1) is 0 Å². The van der Waals surface area contributed by atoms with Crippen LogP contribution in [0.2, 0.25) is 0 Å². The molecule has 0 heterocycles. The van der Waals surface area contributed by atoms with Crippen LogP contribution in [-0.4, -0.2) is 0 Å². The third kappa shape index (κ3) is 8.15. The minimum atomic E-state index is 0.727. The molecular formula is C12H16Cl2. The Labute approximate surface area is 96.6 Å². The lowest BCUT2D eigenvalue weighted by atomic mass is 10.2. The van der Waals surface area contributed by atoms with Crippen molar-refractivity contribution in [3.05, 3.63) is 47.5 Å². The number of hydrogen-bond donors (Lipinski definition) is 0. The number of rotatable bonds is 7. The first-order valence-electron chi connectivity index (χ1n) is 4.67. The Hall–Kier alpha value is -0.460. The number of hydrogen-bond acceptors (Lipinski definition) is 0. The van der Waals surface area contributed by atoms with Crippen LogP contribution in [0.1, 0.15) is 25.7 Å². The summed E-state index contributed by atoms with van der Waals surface area (Å²) in [6.45, 7) is 7.14. The number of allylic oxidation sites excluding steroid dienone is 6. The molecule has 0 spiro atoms. The van der Waals surface area contributed by atoms with Gasteiger partial charge in [0.05, 0.1) is 0 Å². The van der Waals surface area contributed by atoms with Gasteiger partial charge in [0, 0.05) is 10.1 Å². The van der Waals surface area contributed by atoms with Gasteiger partial charge in [-0.3, -0.25) is 0 Å². The van der Waals surface area contributed by atoms with Crippen LogP contribution < -0.4 is 0 Å². The molecule has 0 rings (SSSR count). The molecule has 78 valence electrons. The summed E-state index contributed by atoms with van der Waals surface area (Å²) in [4.78, 5) is 0. The van der Waals surface area contributed by atoms with E-state index in [2.05, 4.69) is 13.2 Å². The van der Waals surface area contributed by atoms with E-state index in [1.54, 1.807) is 12.2 Å². The van der Waals surface area contributed by atoms with Gasteiger partial charge in [0.15, 0.2) is 0 Å². The van der Waals surface area contributed by atoms with Crippen molar-refractivity contribution in [2.45, 2.75) is 25.7 Å². The van der Waals surface area contributed by atoms with Gasteiger partial charge in [0.1, 0.15) is 0 Å². The van der Waals surface area contributed by atoms with Crippen LogP contribution in [0.4, 0.5) is 0 Å². The number of halogens is 2. The Kier molecular flexibility index (Phi) is 8.81. The van der Waals surface area contributed by atoms with Gasteiger partial charge in [-0.1, -0.05) is 60.7 Å². The Bertz CT molecular complexity index is 211.